The molecule has 0 atom stereocenters. The number of benzene rings is 5. The second-order valence-electron chi connectivity index (χ2n) is 8.05. The van der Waals surface area contributed by atoms with Gasteiger partial charge in [0.05, 0.1) is 6.61 Å². The maximum atomic E-state index is 13.6. The van der Waals surface area contributed by atoms with Gasteiger partial charge in [-0.15, -0.1) is 0 Å². The highest BCUT2D eigenvalue weighted by Gasteiger charge is 2.15. The van der Waals surface area contributed by atoms with E-state index in [0.717, 1.165) is 39.1 Å². The summed E-state index contributed by atoms with van der Waals surface area (Å²) in [5.41, 5.74) is 8.54. The summed E-state index contributed by atoms with van der Waals surface area (Å²) in [6.07, 6.45) is 0. The zero-order chi connectivity index (χ0) is 23.3. The molecule has 0 unspecified atom stereocenters. The van der Waals surface area contributed by atoms with Gasteiger partial charge in [-0.25, -0.2) is 4.39 Å². The van der Waals surface area contributed by atoms with Crippen LogP contribution in [0.1, 0.15) is 6.92 Å². The van der Waals surface area contributed by atoms with E-state index in [1.807, 2.05) is 61.5 Å². The summed E-state index contributed by atoms with van der Waals surface area (Å²) >= 11 is 0. The van der Waals surface area contributed by atoms with E-state index < -0.39 is 0 Å². The third kappa shape index (κ3) is 4.49. The highest BCUT2D eigenvalue weighted by Crippen LogP contribution is 2.40. The maximum absolute atomic E-state index is 13.6. The van der Waals surface area contributed by atoms with Gasteiger partial charge in [0.1, 0.15) is 11.6 Å². The molecule has 0 aliphatic heterocycles. The fourth-order valence-electron chi connectivity index (χ4n) is 4.24. The molecule has 0 bridgehead atoms. The van der Waals surface area contributed by atoms with E-state index in [1.165, 1.54) is 23.3 Å². The van der Waals surface area contributed by atoms with Gasteiger partial charge < -0.3 is 4.74 Å². The second kappa shape index (κ2) is 9.76. The number of hydrogen-bond acceptors (Lipinski definition) is 1. The zero-order valence-electron chi connectivity index (χ0n) is 19.0. The summed E-state index contributed by atoms with van der Waals surface area (Å²) in [5, 5.41) is 0. The van der Waals surface area contributed by atoms with Crippen molar-refractivity contribution in [2.24, 2.45) is 0 Å². The molecule has 5 aromatic carbocycles. The van der Waals surface area contributed by atoms with Crippen LogP contribution in [0.15, 0.2) is 115 Å². The lowest BCUT2D eigenvalue weighted by molar-refractivity contribution is 0.340. The van der Waals surface area contributed by atoms with Crippen molar-refractivity contribution in [1.29, 1.82) is 0 Å². The predicted molar refractivity (Wildman–Crippen MR) is 138 cm³/mol. The van der Waals surface area contributed by atoms with Crippen LogP contribution in [0.25, 0.3) is 44.5 Å². The first-order valence-electron chi connectivity index (χ1n) is 11.4. The Bertz CT molecular complexity index is 1370. The molecule has 5 rings (SSSR count). The van der Waals surface area contributed by atoms with Crippen molar-refractivity contribution < 1.29 is 9.13 Å². The Morgan fingerprint density at radius 2 is 1.21 bits per heavy atom. The van der Waals surface area contributed by atoms with Crippen LogP contribution in [0.3, 0.4) is 0 Å². The minimum Gasteiger partial charge on any atom is -0.494 e. The van der Waals surface area contributed by atoms with Crippen molar-refractivity contribution in [3.05, 3.63) is 127 Å². The summed E-state index contributed by atoms with van der Waals surface area (Å²) < 4.78 is 19.3. The largest absolute Gasteiger partial charge is 0.494 e. The Hall–Kier alpha value is -4.17. The van der Waals surface area contributed by atoms with Crippen LogP contribution in [0.4, 0.5) is 4.39 Å². The number of halogens is 1. The van der Waals surface area contributed by atoms with E-state index in [0.29, 0.717) is 6.61 Å². The van der Waals surface area contributed by atoms with Crippen LogP contribution in [-0.2, 0) is 0 Å². The maximum Gasteiger partial charge on any atom is 0.123 e. The van der Waals surface area contributed by atoms with Crippen molar-refractivity contribution in [2.75, 3.05) is 6.61 Å². The van der Waals surface area contributed by atoms with Crippen molar-refractivity contribution in [3.8, 4) is 50.3 Å². The molecular formula is C32H24FO. The molecule has 2 heteroatoms. The average molecular weight is 444 g/mol. The van der Waals surface area contributed by atoms with Crippen LogP contribution in [0.2, 0.25) is 0 Å². The smallest absolute Gasteiger partial charge is 0.123 e. The normalized spacial score (nSPS) is 10.8. The molecule has 0 aliphatic rings. The van der Waals surface area contributed by atoms with Gasteiger partial charge in [0.2, 0.25) is 0 Å². The lowest BCUT2D eigenvalue weighted by atomic mass is 9.87. The van der Waals surface area contributed by atoms with Crippen molar-refractivity contribution in [1.82, 2.24) is 0 Å². The van der Waals surface area contributed by atoms with E-state index >= 15 is 0 Å². The standard InChI is InChI=1S/C32H24FO/c1-2-34-29-21-17-27(18-22-29)32-30(9-6-10-31(32)26-15-19-28(33)20-16-26)25-13-11-24(12-14-25)23-7-4-3-5-8-23/h3-8,10-22H,2H2,1H3. The first kappa shape index (κ1) is 21.7. The molecule has 0 aromatic heterocycles. The Labute approximate surface area is 200 Å². The summed E-state index contributed by atoms with van der Waals surface area (Å²) in [7, 11) is 0. The monoisotopic (exact) mass is 443 g/mol. The third-order valence-electron chi connectivity index (χ3n) is 5.89. The molecular weight excluding hydrogens is 419 g/mol. The molecule has 34 heavy (non-hydrogen) atoms. The van der Waals surface area contributed by atoms with Gasteiger partial charge in [-0.05, 0) is 81.8 Å². The molecule has 0 amide bonds. The predicted octanol–water partition coefficient (Wildman–Crippen LogP) is 8.69. The quantitative estimate of drug-likeness (QED) is 0.255. The third-order valence-corrected chi connectivity index (χ3v) is 5.89. The van der Waals surface area contributed by atoms with Gasteiger partial charge in [0, 0.05) is 0 Å². The minimum atomic E-state index is -0.245. The Morgan fingerprint density at radius 3 is 1.88 bits per heavy atom. The van der Waals surface area contributed by atoms with Crippen molar-refractivity contribution >= 4 is 0 Å². The van der Waals surface area contributed by atoms with E-state index in [-0.39, 0.29) is 5.82 Å². The fourth-order valence-corrected chi connectivity index (χ4v) is 4.24. The number of hydrogen-bond donors (Lipinski definition) is 0. The summed E-state index contributed by atoms with van der Waals surface area (Å²) in [6, 6.07) is 41.1. The molecule has 1 radical (unpaired) electrons. The molecule has 0 fully saturated rings. The average Bonchev–Trinajstić information content (AvgIpc) is 2.90. The lowest BCUT2D eigenvalue weighted by Crippen LogP contribution is -1.93. The Balaban J connectivity index is 1.65. The Kier molecular flexibility index (Phi) is 6.22. The van der Waals surface area contributed by atoms with Crippen LogP contribution >= 0.6 is 0 Å². The molecule has 1 nitrogen and oxygen atoms in total. The van der Waals surface area contributed by atoms with E-state index in [1.54, 1.807) is 0 Å². The molecule has 5 aromatic rings. The van der Waals surface area contributed by atoms with E-state index in [4.69, 9.17) is 4.74 Å². The summed E-state index contributed by atoms with van der Waals surface area (Å²) in [5.74, 6) is 0.592. The SMILES string of the molecule is CCOc1ccc(-c2c(-c3ccc(-c4ccccc4)cc3)[c]ccc2-c2ccc(F)cc2)cc1. The lowest BCUT2D eigenvalue weighted by Gasteiger charge is -2.17. The van der Waals surface area contributed by atoms with Gasteiger partial charge in [-0.2, -0.15) is 0 Å². The summed E-state index contributed by atoms with van der Waals surface area (Å²) in [6.45, 7) is 2.60. The first-order valence-corrected chi connectivity index (χ1v) is 11.4. The van der Waals surface area contributed by atoms with E-state index in [9.17, 15) is 4.39 Å². The number of ether oxygens (including phenoxy) is 1. The molecule has 0 saturated carbocycles. The van der Waals surface area contributed by atoms with Crippen LogP contribution in [0.5, 0.6) is 5.75 Å². The summed E-state index contributed by atoms with van der Waals surface area (Å²) in [4.78, 5) is 0. The fraction of sp³-hybridized carbons (Fsp3) is 0.0625. The second-order valence-corrected chi connectivity index (χ2v) is 8.05. The molecule has 0 spiro atoms. The van der Waals surface area contributed by atoms with Crippen molar-refractivity contribution in [2.45, 2.75) is 6.92 Å². The topological polar surface area (TPSA) is 9.23 Å². The highest BCUT2D eigenvalue weighted by atomic mass is 19.1. The first-order chi connectivity index (χ1) is 16.7. The van der Waals surface area contributed by atoms with Crippen LogP contribution in [-0.4, -0.2) is 6.61 Å². The van der Waals surface area contributed by atoms with Gasteiger partial charge in [0.15, 0.2) is 0 Å². The van der Waals surface area contributed by atoms with Crippen molar-refractivity contribution in [3.63, 3.8) is 0 Å². The number of rotatable bonds is 6. The molecule has 0 heterocycles. The molecule has 0 N–H and O–H groups in total. The van der Waals surface area contributed by atoms with Gasteiger partial charge in [-0.1, -0.05) is 91.0 Å². The van der Waals surface area contributed by atoms with Gasteiger partial charge >= 0.3 is 0 Å². The molecule has 165 valence electrons. The van der Waals surface area contributed by atoms with E-state index in [2.05, 4.69) is 54.6 Å². The minimum absolute atomic E-state index is 0.245. The van der Waals surface area contributed by atoms with Gasteiger partial charge in [-0.3, -0.25) is 0 Å². The highest BCUT2D eigenvalue weighted by molar-refractivity contribution is 5.94. The molecule has 0 saturated heterocycles. The van der Waals surface area contributed by atoms with Crippen LogP contribution in [0, 0.1) is 11.9 Å². The zero-order valence-corrected chi connectivity index (χ0v) is 19.0. The van der Waals surface area contributed by atoms with Crippen LogP contribution < -0.4 is 4.74 Å². The Morgan fingerprint density at radius 1 is 0.618 bits per heavy atom. The van der Waals surface area contributed by atoms with Gasteiger partial charge in [0.25, 0.3) is 0 Å². The molecule has 0 aliphatic carbocycles.